The maximum atomic E-state index is 11.5. The number of nitrogens with two attached hydrogens (primary N) is 2. The van der Waals surface area contributed by atoms with E-state index in [0.29, 0.717) is 12.5 Å². The van der Waals surface area contributed by atoms with Crippen LogP contribution in [0.4, 0.5) is 16.4 Å². The van der Waals surface area contributed by atoms with Crippen molar-refractivity contribution in [3.8, 4) is 11.1 Å². The molecule has 3 amide bonds. The summed E-state index contributed by atoms with van der Waals surface area (Å²) in [6, 6.07) is 14.6. The summed E-state index contributed by atoms with van der Waals surface area (Å²) in [4.78, 5) is 34.9. The van der Waals surface area contributed by atoms with Gasteiger partial charge in [-0.05, 0) is 34.9 Å². The summed E-state index contributed by atoms with van der Waals surface area (Å²) >= 11 is 0. The van der Waals surface area contributed by atoms with Crippen molar-refractivity contribution >= 4 is 29.5 Å². The first-order valence-corrected chi connectivity index (χ1v) is 9.78. The molecule has 0 aliphatic carbocycles. The number of nitrogens with one attached hydrogen (secondary N) is 3. The van der Waals surface area contributed by atoms with Crippen molar-refractivity contribution in [2.24, 2.45) is 16.5 Å². The summed E-state index contributed by atoms with van der Waals surface area (Å²) in [6.45, 7) is 2.26. The van der Waals surface area contributed by atoms with E-state index in [1.807, 2.05) is 48.5 Å². The molecule has 0 radical (unpaired) electrons. The lowest BCUT2D eigenvalue weighted by Crippen LogP contribution is -2.28. The van der Waals surface area contributed by atoms with Crippen molar-refractivity contribution in [2.45, 2.75) is 20.0 Å². The quantitative estimate of drug-likeness (QED) is 0.282. The Morgan fingerprint density at radius 1 is 0.938 bits per heavy atom. The summed E-state index contributed by atoms with van der Waals surface area (Å²) in [7, 11) is 0. The van der Waals surface area contributed by atoms with Crippen LogP contribution in [0.3, 0.4) is 0 Å². The number of guanidine groups is 1. The average molecular weight is 432 g/mol. The topological polar surface area (TPSA) is 160 Å². The van der Waals surface area contributed by atoms with Gasteiger partial charge in [0.05, 0.1) is 0 Å². The van der Waals surface area contributed by atoms with E-state index in [9.17, 15) is 9.59 Å². The summed E-state index contributed by atoms with van der Waals surface area (Å²) in [5, 5.41) is 8.54. The van der Waals surface area contributed by atoms with Gasteiger partial charge in [-0.1, -0.05) is 30.3 Å². The molecule has 0 aliphatic rings. The van der Waals surface area contributed by atoms with Crippen molar-refractivity contribution in [3.05, 3.63) is 72.1 Å². The van der Waals surface area contributed by atoms with Crippen molar-refractivity contribution in [2.75, 3.05) is 10.6 Å². The molecule has 0 unspecified atom stereocenters. The standard InChI is InChI=1S/C22H24N8O2/c1-14(31)29-19-7-3-5-16(9-19)10-25-21-26-12-18(13-27-21)17-6-2-4-15(8-17)11-28-22(32)30-20(23)24/h2-9,12-13H,10-11H2,1H3,(H,29,31)(H,25,26,27)(H5,23,24,28,30,32). The van der Waals surface area contributed by atoms with E-state index in [1.54, 1.807) is 12.4 Å². The van der Waals surface area contributed by atoms with Gasteiger partial charge in [0.25, 0.3) is 0 Å². The second-order valence-corrected chi connectivity index (χ2v) is 6.93. The first-order valence-electron chi connectivity index (χ1n) is 9.78. The Hall–Kier alpha value is -4.47. The number of hydrogen-bond acceptors (Lipinski definition) is 5. The molecular formula is C22H24N8O2. The predicted molar refractivity (Wildman–Crippen MR) is 124 cm³/mol. The van der Waals surface area contributed by atoms with Crippen LogP contribution in [-0.4, -0.2) is 27.9 Å². The largest absolute Gasteiger partial charge is 0.370 e. The monoisotopic (exact) mass is 432 g/mol. The minimum atomic E-state index is -0.600. The van der Waals surface area contributed by atoms with E-state index < -0.39 is 6.03 Å². The third kappa shape index (κ3) is 6.80. The summed E-state index contributed by atoms with van der Waals surface area (Å²) in [5.41, 5.74) is 14.7. The molecule has 0 bridgehead atoms. The molecule has 3 aromatic rings. The third-order valence-electron chi connectivity index (χ3n) is 4.28. The van der Waals surface area contributed by atoms with Gasteiger partial charge in [0.15, 0.2) is 5.96 Å². The normalized spacial score (nSPS) is 10.2. The number of nitrogens with zero attached hydrogens (tertiary/aromatic N) is 3. The molecule has 2 aromatic carbocycles. The lowest BCUT2D eigenvalue weighted by molar-refractivity contribution is -0.114. The van der Waals surface area contributed by atoms with Gasteiger partial charge in [-0.25, -0.2) is 14.8 Å². The Kier molecular flexibility index (Phi) is 7.31. The van der Waals surface area contributed by atoms with Crippen LogP contribution in [0.1, 0.15) is 18.1 Å². The SMILES string of the molecule is CC(=O)Nc1cccc(CNc2ncc(-c3cccc(CNC(=O)N=C(N)N)c3)cn2)c1. The van der Waals surface area contributed by atoms with Crippen LogP contribution in [0.15, 0.2) is 65.9 Å². The van der Waals surface area contributed by atoms with Crippen molar-refractivity contribution in [1.29, 1.82) is 0 Å². The highest BCUT2D eigenvalue weighted by molar-refractivity contribution is 5.90. The Labute approximate surface area is 185 Å². The van der Waals surface area contributed by atoms with E-state index >= 15 is 0 Å². The number of rotatable bonds is 7. The zero-order valence-corrected chi connectivity index (χ0v) is 17.5. The fraction of sp³-hybridized carbons (Fsp3) is 0.136. The molecule has 0 saturated heterocycles. The fourth-order valence-electron chi connectivity index (χ4n) is 2.91. The minimum absolute atomic E-state index is 0.116. The second-order valence-electron chi connectivity index (χ2n) is 6.93. The van der Waals surface area contributed by atoms with Gasteiger partial charge in [0.2, 0.25) is 11.9 Å². The van der Waals surface area contributed by atoms with Gasteiger partial charge >= 0.3 is 6.03 Å². The van der Waals surface area contributed by atoms with Crippen LogP contribution in [0.2, 0.25) is 0 Å². The maximum absolute atomic E-state index is 11.5. The summed E-state index contributed by atoms with van der Waals surface area (Å²) < 4.78 is 0. The van der Waals surface area contributed by atoms with Crippen LogP contribution in [0.25, 0.3) is 11.1 Å². The number of aliphatic imine (C=N–C) groups is 1. The van der Waals surface area contributed by atoms with E-state index in [0.717, 1.165) is 27.9 Å². The highest BCUT2D eigenvalue weighted by Gasteiger charge is 2.05. The number of carbonyl (C=O) groups is 2. The van der Waals surface area contributed by atoms with E-state index in [1.165, 1.54) is 6.92 Å². The van der Waals surface area contributed by atoms with E-state index in [2.05, 4.69) is 30.9 Å². The molecule has 0 saturated carbocycles. The molecule has 0 atom stereocenters. The van der Waals surface area contributed by atoms with Crippen LogP contribution < -0.4 is 27.4 Å². The molecule has 1 heterocycles. The molecule has 32 heavy (non-hydrogen) atoms. The third-order valence-corrected chi connectivity index (χ3v) is 4.28. The van der Waals surface area contributed by atoms with Crippen molar-refractivity contribution in [3.63, 3.8) is 0 Å². The molecule has 7 N–H and O–H groups in total. The number of urea groups is 1. The van der Waals surface area contributed by atoms with Gasteiger partial charge < -0.3 is 27.4 Å². The highest BCUT2D eigenvalue weighted by Crippen LogP contribution is 2.20. The zero-order chi connectivity index (χ0) is 22.9. The van der Waals surface area contributed by atoms with Crippen molar-refractivity contribution in [1.82, 2.24) is 15.3 Å². The first kappa shape index (κ1) is 22.2. The van der Waals surface area contributed by atoms with Crippen molar-refractivity contribution < 1.29 is 9.59 Å². The zero-order valence-electron chi connectivity index (χ0n) is 17.5. The summed E-state index contributed by atoms with van der Waals surface area (Å²) in [6.07, 6.45) is 3.44. The Morgan fingerprint density at radius 3 is 2.31 bits per heavy atom. The average Bonchev–Trinajstić information content (AvgIpc) is 2.76. The van der Waals surface area contributed by atoms with Crippen LogP contribution in [0.5, 0.6) is 0 Å². The molecule has 0 spiro atoms. The Morgan fingerprint density at radius 2 is 1.62 bits per heavy atom. The number of amides is 3. The Bertz CT molecular complexity index is 1120. The number of carbonyl (C=O) groups excluding carboxylic acids is 2. The van der Waals surface area contributed by atoms with Gasteiger partial charge in [-0.15, -0.1) is 0 Å². The molecule has 10 heteroatoms. The molecular weight excluding hydrogens is 408 g/mol. The molecule has 0 fully saturated rings. The fourth-order valence-corrected chi connectivity index (χ4v) is 2.91. The van der Waals surface area contributed by atoms with E-state index in [4.69, 9.17) is 11.5 Å². The van der Waals surface area contributed by atoms with Gasteiger partial charge in [0.1, 0.15) is 0 Å². The van der Waals surface area contributed by atoms with E-state index in [-0.39, 0.29) is 18.4 Å². The maximum Gasteiger partial charge on any atom is 0.344 e. The number of anilines is 2. The smallest absolute Gasteiger partial charge is 0.344 e. The van der Waals surface area contributed by atoms with Crippen LogP contribution in [0, 0.1) is 0 Å². The molecule has 1 aromatic heterocycles. The number of benzene rings is 2. The lowest BCUT2D eigenvalue weighted by atomic mass is 10.1. The van der Waals surface area contributed by atoms with Gasteiger partial charge in [0, 0.05) is 43.7 Å². The van der Waals surface area contributed by atoms with Gasteiger partial charge in [-0.2, -0.15) is 4.99 Å². The first-order chi connectivity index (χ1) is 15.4. The van der Waals surface area contributed by atoms with Crippen LogP contribution in [-0.2, 0) is 17.9 Å². The number of hydrogen-bond donors (Lipinski definition) is 5. The second kappa shape index (κ2) is 10.5. The molecule has 3 rings (SSSR count). The Balaban J connectivity index is 1.60. The predicted octanol–water partition coefficient (Wildman–Crippen LogP) is 2.20. The lowest BCUT2D eigenvalue weighted by Gasteiger charge is -2.09. The van der Waals surface area contributed by atoms with Gasteiger partial charge in [-0.3, -0.25) is 4.79 Å². The summed E-state index contributed by atoms with van der Waals surface area (Å²) in [5.74, 6) is 0.0797. The molecule has 10 nitrogen and oxygen atoms in total. The number of aromatic nitrogens is 2. The minimum Gasteiger partial charge on any atom is -0.370 e. The van der Waals surface area contributed by atoms with Crippen LogP contribution >= 0.6 is 0 Å². The molecule has 0 aliphatic heterocycles. The molecule has 164 valence electrons. The highest BCUT2D eigenvalue weighted by atomic mass is 16.2.